The molecule has 3 heterocycles. The molecule has 27 heavy (non-hydrogen) atoms. The largest absolute Gasteiger partial charge is 0.408 e. The van der Waals surface area contributed by atoms with E-state index in [9.17, 15) is 9.18 Å². The molecular formula is C18H19FN6O2. The zero-order chi connectivity index (χ0) is 19.0. The molecule has 2 aromatic heterocycles. The summed E-state index contributed by atoms with van der Waals surface area (Å²) < 4.78 is 20.9. The second-order valence-corrected chi connectivity index (χ2v) is 6.42. The lowest BCUT2D eigenvalue weighted by atomic mass is 10.2. The van der Waals surface area contributed by atoms with Gasteiger partial charge in [-0.1, -0.05) is 17.2 Å². The van der Waals surface area contributed by atoms with E-state index in [1.54, 1.807) is 43.0 Å². The van der Waals surface area contributed by atoms with Gasteiger partial charge in [-0.3, -0.25) is 4.79 Å². The van der Waals surface area contributed by atoms with E-state index in [4.69, 9.17) is 4.42 Å². The van der Waals surface area contributed by atoms with Crippen molar-refractivity contribution in [2.45, 2.75) is 13.8 Å². The van der Waals surface area contributed by atoms with Crippen LogP contribution < -0.4 is 4.90 Å². The van der Waals surface area contributed by atoms with Gasteiger partial charge in [0.05, 0.1) is 0 Å². The van der Waals surface area contributed by atoms with Crippen LogP contribution in [0.15, 0.2) is 34.7 Å². The molecule has 0 unspecified atom stereocenters. The number of carbonyl (C=O) groups is 1. The fraction of sp³-hybridized carbons (Fsp3) is 0.333. The van der Waals surface area contributed by atoms with Crippen LogP contribution >= 0.6 is 0 Å². The highest BCUT2D eigenvalue weighted by Gasteiger charge is 2.26. The van der Waals surface area contributed by atoms with Gasteiger partial charge in [0.1, 0.15) is 11.5 Å². The summed E-state index contributed by atoms with van der Waals surface area (Å²) in [7, 11) is 0. The summed E-state index contributed by atoms with van der Waals surface area (Å²) in [4.78, 5) is 16.5. The van der Waals surface area contributed by atoms with Crippen molar-refractivity contribution in [1.29, 1.82) is 0 Å². The number of para-hydroxylation sites is 1. The number of piperazine rings is 1. The van der Waals surface area contributed by atoms with Gasteiger partial charge < -0.3 is 14.2 Å². The Morgan fingerprint density at radius 1 is 1.11 bits per heavy atom. The van der Waals surface area contributed by atoms with E-state index in [-0.39, 0.29) is 11.7 Å². The average Bonchev–Trinajstić information content (AvgIpc) is 3.28. The molecule has 0 aliphatic carbocycles. The molecular weight excluding hydrogens is 351 g/mol. The third kappa shape index (κ3) is 3.27. The molecule has 8 nitrogen and oxygen atoms in total. The lowest BCUT2D eigenvalue weighted by Gasteiger charge is -2.33. The van der Waals surface area contributed by atoms with Crippen molar-refractivity contribution in [3.05, 3.63) is 53.4 Å². The number of aromatic nitrogens is 4. The summed E-state index contributed by atoms with van der Waals surface area (Å²) in [5, 5.41) is 12.2. The van der Waals surface area contributed by atoms with Gasteiger partial charge in [-0.2, -0.15) is 5.10 Å². The maximum Gasteiger partial charge on any atom is 0.318 e. The Labute approximate surface area is 155 Å². The van der Waals surface area contributed by atoms with Gasteiger partial charge >= 0.3 is 6.01 Å². The number of anilines is 1. The molecule has 1 aliphatic rings. The summed E-state index contributed by atoms with van der Waals surface area (Å²) in [6.45, 7) is 5.77. The van der Waals surface area contributed by atoms with Crippen molar-refractivity contribution in [2.24, 2.45) is 0 Å². The summed E-state index contributed by atoms with van der Waals surface area (Å²) in [5.74, 6) is -0.0432. The number of halogens is 1. The van der Waals surface area contributed by atoms with Gasteiger partial charge in [0.15, 0.2) is 5.69 Å². The maximum absolute atomic E-state index is 14.0. The Hall–Kier alpha value is -3.23. The molecule has 1 aliphatic heterocycles. The van der Waals surface area contributed by atoms with E-state index in [1.807, 2.05) is 4.90 Å². The molecule has 0 radical (unpaired) electrons. The molecule has 3 aromatic rings. The topological polar surface area (TPSA) is 80.3 Å². The van der Waals surface area contributed by atoms with Crippen molar-refractivity contribution in [3.63, 3.8) is 0 Å². The molecule has 140 valence electrons. The smallest absolute Gasteiger partial charge is 0.318 e. The highest BCUT2D eigenvalue weighted by molar-refractivity contribution is 5.92. The van der Waals surface area contributed by atoms with Crippen molar-refractivity contribution in [1.82, 2.24) is 24.9 Å². The normalized spacial score (nSPS) is 14.6. The summed E-state index contributed by atoms with van der Waals surface area (Å²) >= 11 is 0. The molecule has 4 rings (SSSR count). The van der Waals surface area contributed by atoms with Crippen LogP contribution in [0.1, 0.15) is 22.1 Å². The third-order valence-corrected chi connectivity index (χ3v) is 4.54. The molecule has 0 spiro atoms. The van der Waals surface area contributed by atoms with Gasteiger partial charge in [0, 0.05) is 38.8 Å². The first kappa shape index (κ1) is 17.2. The number of hydrogen-bond donors (Lipinski definition) is 0. The van der Waals surface area contributed by atoms with Crippen LogP contribution in [0.5, 0.6) is 0 Å². The number of hydrogen-bond acceptors (Lipinski definition) is 6. The highest BCUT2D eigenvalue weighted by atomic mass is 19.1. The zero-order valence-electron chi connectivity index (χ0n) is 15.1. The maximum atomic E-state index is 14.0. The van der Waals surface area contributed by atoms with E-state index in [2.05, 4.69) is 15.3 Å². The average molecular weight is 370 g/mol. The Balaban J connectivity index is 1.48. The fourth-order valence-corrected chi connectivity index (χ4v) is 3.12. The predicted molar refractivity (Wildman–Crippen MR) is 95.4 cm³/mol. The standard InChI is InChI=1S/C18H19FN6O2/c1-12-11-15(22-25(12)16-6-4-3-5-14(16)19)17(26)23-7-9-24(10-8-23)18-21-20-13(2)27-18/h3-6,11H,7-10H2,1-2H3. The van der Waals surface area contributed by atoms with E-state index in [0.29, 0.717) is 55.2 Å². The van der Waals surface area contributed by atoms with Crippen LogP contribution in [0.4, 0.5) is 10.4 Å². The molecule has 0 saturated carbocycles. The SMILES string of the molecule is Cc1nnc(N2CCN(C(=O)c3cc(C)n(-c4ccccc4F)n3)CC2)o1. The molecule has 1 amide bonds. The molecule has 0 N–H and O–H groups in total. The summed E-state index contributed by atoms with van der Waals surface area (Å²) in [6.07, 6.45) is 0. The molecule has 1 fully saturated rings. The van der Waals surface area contributed by atoms with Gasteiger partial charge in [-0.15, -0.1) is 5.10 Å². The van der Waals surface area contributed by atoms with Gasteiger partial charge in [0.2, 0.25) is 5.89 Å². The summed E-state index contributed by atoms with van der Waals surface area (Å²) in [5.41, 5.74) is 1.33. The van der Waals surface area contributed by atoms with E-state index in [0.717, 1.165) is 0 Å². The first-order chi connectivity index (χ1) is 13.0. The minimum atomic E-state index is -0.383. The zero-order valence-corrected chi connectivity index (χ0v) is 15.1. The minimum absolute atomic E-state index is 0.172. The van der Waals surface area contributed by atoms with Crippen molar-refractivity contribution < 1.29 is 13.6 Å². The van der Waals surface area contributed by atoms with Gasteiger partial charge in [0.25, 0.3) is 5.91 Å². The predicted octanol–water partition coefficient (Wildman–Crippen LogP) is 1.97. The van der Waals surface area contributed by atoms with Crippen LogP contribution in [0.25, 0.3) is 5.69 Å². The molecule has 1 saturated heterocycles. The van der Waals surface area contributed by atoms with E-state index < -0.39 is 0 Å². The monoisotopic (exact) mass is 370 g/mol. The number of benzene rings is 1. The molecule has 9 heteroatoms. The minimum Gasteiger partial charge on any atom is -0.408 e. The van der Waals surface area contributed by atoms with Crippen LogP contribution in [0.2, 0.25) is 0 Å². The molecule has 1 aromatic carbocycles. The van der Waals surface area contributed by atoms with Crippen LogP contribution in [-0.2, 0) is 0 Å². The second kappa shape index (κ2) is 6.82. The lowest BCUT2D eigenvalue weighted by molar-refractivity contribution is 0.0738. The van der Waals surface area contributed by atoms with Crippen molar-refractivity contribution in [3.8, 4) is 5.69 Å². The number of aryl methyl sites for hydroxylation is 2. The number of nitrogens with zero attached hydrogens (tertiary/aromatic N) is 6. The lowest BCUT2D eigenvalue weighted by Crippen LogP contribution is -2.49. The van der Waals surface area contributed by atoms with E-state index in [1.165, 1.54) is 10.7 Å². The Bertz CT molecular complexity index is 974. The molecule has 0 bridgehead atoms. The molecule has 0 atom stereocenters. The Morgan fingerprint density at radius 2 is 1.85 bits per heavy atom. The van der Waals surface area contributed by atoms with Crippen molar-refractivity contribution in [2.75, 3.05) is 31.1 Å². The van der Waals surface area contributed by atoms with Crippen LogP contribution in [0.3, 0.4) is 0 Å². The first-order valence-corrected chi connectivity index (χ1v) is 8.69. The third-order valence-electron chi connectivity index (χ3n) is 4.54. The van der Waals surface area contributed by atoms with Gasteiger partial charge in [-0.25, -0.2) is 9.07 Å². The first-order valence-electron chi connectivity index (χ1n) is 8.69. The van der Waals surface area contributed by atoms with Crippen molar-refractivity contribution >= 4 is 11.9 Å². The number of amides is 1. The van der Waals surface area contributed by atoms with Gasteiger partial charge in [-0.05, 0) is 25.1 Å². The second-order valence-electron chi connectivity index (χ2n) is 6.42. The number of rotatable bonds is 3. The van der Waals surface area contributed by atoms with Crippen LogP contribution in [-0.4, -0.2) is 57.0 Å². The summed E-state index contributed by atoms with van der Waals surface area (Å²) in [6, 6.07) is 8.51. The fourth-order valence-electron chi connectivity index (χ4n) is 3.12. The quantitative estimate of drug-likeness (QED) is 0.701. The van der Waals surface area contributed by atoms with E-state index >= 15 is 0 Å². The number of carbonyl (C=O) groups excluding carboxylic acids is 1. The Kier molecular flexibility index (Phi) is 4.35. The van der Waals surface area contributed by atoms with Crippen LogP contribution in [0, 0.1) is 19.7 Å². The Morgan fingerprint density at radius 3 is 2.52 bits per heavy atom. The highest BCUT2D eigenvalue weighted by Crippen LogP contribution is 2.18.